The molecule has 2 N–H and O–H groups in total. The van der Waals surface area contributed by atoms with Gasteiger partial charge in [0.05, 0.1) is 12.2 Å². The quantitative estimate of drug-likeness (QED) is 0.708. The van der Waals surface area contributed by atoms with Gasteiger partial charge in [-0.15, -0.1) is 0 Å². The van der Waals surface area contributed by atoms with E-state index in [0.717, 1.165) is 52.7 Å². The molecule has 1 aliphatic rings. The number of nitrogens with zero attached hydrogens (tertiary/aromatic N) is 1. The largest absolute Gasteiger partial charge is 0.356 e. The van der Waals surface area contributed by atoms with Crippen LogP contribution < -0.4 is 10.6 Å². The van der Waals surface area contributed by atoms with Gasteiger partial charge in [-0.2, -0.15) is 0 Å². The van der Waals surface area contributed by atoms with Crippen molar-refractivity contribution in [3.63, 3.8) is 0 Å². The van der Waals surface area contributed by atoms with E-state index in [1.165, 1.54) is 0 Å². The van der Waals surface area contributed by atoms with E-state index in [1.807, 2.05) is 19.1 Å². The smallest absolute Gasteiger partial charge is 0.238 e. The maximum atomic E-state index is 12.3. The Balaban J connectivity index is 1.81. The number of hydrogen-bond acceptors (Lipinski definition) is 3. The lowest BCUT2D eigenvalue weighted by Gasteiger charge is -2.31. The molecule has 24 heavy (non-hydrogen) atoms. The minimum atomic E-state index is -0.0134. The average Bonchev–Trinajstić information content (AvgIpc) is 2.50. The van der Waals surface area contributed by atoms with Crippen LogP contribution in [0.1, 0.15) is 25.3 Å². The summed E-state index contributed by atoms with van der Waals surface area (Å²) in [7, 11) is 0. The van der Waals surface area contributed by atoms with Gasteiger partial charge in [-0.25, -0.2) is 0 Å². The summed E-state index contributed by atoms with van der Waals surface area (Å²) in [4.78, 5) is 25.4. The van der Waals surface area contributed by atoms with Crippen LogP contribution in [-0.2, 0) is 9.59 Å². The fourth-order valence-corrected chi connectivity index (χ4v) is 4.45. The van der Waals surface area contributed by atoms with Crippen molar-refractivity contribution in [2.45, 2.75) is 26.7 Å². The Morgan fingerprint density at radius 3 is 2.33 bits per heavy atom. The number of likely N-dealkylation sites (tertiary alicyclic amines) is 1. The summed E-state index contributed by atoms with van der Waals surface area (Å²) in [5.41, 5.74) is 1.89. The highest BCUT2D eigenvalue weighted by Crippen LogP contribution is 2.32. The summed E-state index contributed by atoms with van der Waals surface area (Å²) < 4.78 is 1.74. The van der Waals surface area contributed by atoms with Crippen LogP contribution in [0.3, 0.4) is 0 Å². The van der Waals surface area contributed by atoms with Crippen molar-refractivity contribution in [3.05, 3.63) is 26.6 Å². The highest BCUT2D eigenvalue weighted by molar-refractivity contribution is 9.11. The second-order valence-electron chi connectivity index (χ2n) is 6.31. The summed E-state index contributed by atoms with van der Waals surface area (Å²) in [6.07, 6.45) is 2.01. The van der Waals surface area contributed by atoms with E-state index < -0.39 is 0 Å². The number of anilines is 1. The fourth-order valence-electron chi connectivity index (χ4n) is 2.84. The van der Waals surface area contributed by atoms with E-state index in [2.05, 4.69) is 47.4 Å². The Kier molecular flexibility index (Phi) is 7.25. The monoisotopic (exact) mass is 459 g/mol. The van der Waals surface area contributed by atoms with Crippen LogP contribution in [0.15, 0.2) is 21.1 Å². The van der Waals surface area contributed by atoms with E-state index in [4.69, 9.17) is 0 Å². The fraction of sp³-hybridized carbons (Fsp3) is 0.529. The van der Waals surface area contributed by atoms with Gasteiger partial charge >= 0.3 is 0 Å². The molecule has 0 atom stereocenters. The number of nitrogens with one attached hydrogen (secondary N) is 2. The van der Waals surface area contributed by atoms with Crippen LogP contribution in [0.2, 0.25) is 0 Å². The lowest BCUT2D eigenvalue weighted by Crippen LogP contribution is -2.41. The normalized spacial score (nSPS) is 16.0. The van der Waals surface area contributed by atoms with E-state index in [0.29, 0.717) is 12.5 Å². The lowest BCUT2D eigenvalue weighted by atomic mass is 9.97. The van der Waals surface area contributed by atoms with Crippen molar-refractivity contribution in [1.29, 1.82) is 0 Å². The summed E-state index contributed by atoms with van der Waals surface area (Å²) in [5.74, 6) is 0.514. The van der Waals surface area contributed by atoms with Gasteiger partial charge in [-0.1, -0.05) is 0 Å². The Morgan fingerprint density at radius 2 is 1.79 bits per heavy atom. The third-order valence-corrected chi connectivity index (χ3v) is 5.42. The van der Waals surface area contributed by atoms with Crippen LogP contribution >= 0.6 is 31.9 Å². The predicted molar refractivity (Wildman–Crippen MR) is 103 cm³/mol. The SMILES string of the molecule is CC(=O)NCC1CCN(CC(=O)Nc2c(Br)cc(C)cc2Br)CC1. The molecule has 1 aromatic carbocycles. The van der Waals surface area contributed by atoms with Crippen LogP contribution in [0.5, 0.6) is 0 Å². The van der Waals surface area contributed by atoms with Crippen LogP contribution in [0, 0.1) is 12.8 Å². The molecular weight excluding hydrogens is 438 g/mol. The third-order valence-electron chi connectivity index (χ3n) is 4.16. The first kappa shape index (κ1) is 19.4. The second-order valence-corrected chi connectivity index (χ2v) is 8.02. The first-order chi connectivity index (χ1) is 11.3. The van der Waals surface area contributed by atoms with Crippen molar-refractivity contribution >= 4 is 49.4 Å². The number of halogens is 2. The molecule has 1 fully saturated rings. The molecule has 1 saturated heterocycles. The first-order valence-electron chi connectivity index (χ1n) is 8.07. The number of amides is 2. The minimum absolute atomic E-state index is 0.0134. The molecule has 0 saturated carbocycles. The van der Waals surface area contributed by atoms with Crippen LogP contribution in [-0.4, -0.2) is 42.9 Å². The molecule has 1 heterocycles. The Bertz CT molecular complexity index is 591. The Labute approximate surface area is 159 Å². The summed E-state index contributed by atoms with van der Waals surface area (Å²) in [6.45, 7) is 6.44. The Hall–Kier alpha value is -0.920. The zero-order valence-corrected chi connectivity index (χ0v) is 17.2. The van der Waals surface area contributed by atoms with Crippen molar-refractivity contribution in [1.82, 2.24) is 10.2 Å². The van der Waals surface area contributed by atoms with Crippen LogP contribution in [0.4, 0.5) is 5.69 Å². The number of carbonyl (C=O) groups is 2. The van der Waals surface area contributed by atoms with Crippen molar-refractivity contribution in [2.24, 2.45) is 5.92 Å². The predicted octanol–water partition coefficient (Wildman–Crippen LogP) is 3.31. The molecule has 132 valence electrons. The van der Waals surface area contributed by atoms with Gasteiger partial charge in [-0.3, -0.25) is 14.5 Å². The van der Waals surface area contributed by atoms with Gasteiger partial charge in [-0.05, 0) is 88.3 Å². The highest BCUT2D eigenvalue weighted by Gasteiger charge is 2.21. The molecule has 0 aromatic heterocycles. The van der Waals surface area contributed by atoms with E-state index >= 15 is 0 Å². The number of rotatable bonds is 5. The third kappa shape index (κ3) is 5.86. The van der Waals surface area contributed by atoms with Gasteiger partial charge in [0.2, 0.25) is 11.8 Å². The molecular formula is C17H23Br2N3O2. The molecule has 1 aromatic rings. The standard InChI is InChI=1S/C17H23Br2N3O2/c1-11-7-14(18)17(15(19)8-11)21-16(24)10-22-5-3-13(4-6-22)9-20-12(2)23/h7-8,13H,3-6,9-10H2,1-2H3,(H,20,23)(H,21,24). The molecule has 0 aliphatic carbocycles. The molecule has 5 nitrogen and oxygen atoms in total. The minimum Gasteiger partial charge on any atom is -0.356 e. The molecule has 0 bridgehead atoms. The Morgan fingerprint density at radius 1 is 1.21 bits per heavy atom. The summed E-state index contributed by atoms with van der Waals surface area (Å²) in [6, 6.07) is 3.96. The van der Waals surface area contributed by atoms with Gasteiger partial charge in [0.15, 0.2) is 0 Å². The number of piperidine rings is 1. The lowest BCUT2D eigenvalue weighted by molar-refractivity contribution is -0.119. The molecule has 1 aliphatic heterocycles. The molecule has 0 unspecified atom stereocenters. The number of carbonyl (C=O) groups excluding carboxylic acids is 2. The maximum absolute atomic E-state index is 12.3. The second kappa shape index (κ2) is 8.97. The summed E-state index contributed by atoms with van der Waals surface area (Å²) in [5, 5.41) is 5.85. The highest BCUT2D eigenvalue weighted by atomic mass is 79.9. The van der Waals surface area contributed by atoms with Crippen molar-refractivity contribution in [2.75, 3.05) is 31.5 Å². The zero-order chi connectivity index (χ0) is 17.7. The number of aryl methyl sites for hydroxylation is 1. The molecule has 0 radical (unpaired) electrons. The number of benzene rings is 1. The van der Waals surface area contributed by atoms with Crippen molar-refractivity contribution < 1.29 is 9.59 Å². The van der Waals surface area contributed by atoms with E-state index in [1.54, 1.807) is 6.92 Å². The van der Waals surface area contributed by atoms with Gasteiger partial charge in [0, 0.05) is 22.4 Å². The molecule has 7 heteroatoms. The van der Waals surface area contributed by atoms with Gasteiger partial charge in [0.25, 0.3) is 0 Å². The number of hydrogen-bond donors (Lipinski definition) is 2. The zero-order valence-electron chi connectivity index (χ0n) is 14.0. The maximum Gasteiger partial charge on any atom is 0.238 e. The van der Waals surface area contributed by atoms with Gasteiger partial charge < -0.3 is 10.6 Å². The van der Waals surface area contributed by atoms with E-state index in [-0.39, 0.29) is 11.8 Å². The molecule has 2 rings (SSSR count). The van der Waals surface area contributed by atoms with Crippen LogP contribution in [0.25, 0.3) is 0 Å². The average molecular weight is 461 g/mol. The van der Waals surface area contributed by atoms with Crippen molar-refractivity contribution in [3.8, 4) is 0 Å². The molecule has 0 spiro atoms. The summed E-state index contributed by atoms with van der Waals surface area (Å²) >= 11 is 6.99. The topological polar surface area (TPSA) is 61.4 Å². The van der Waals surface area contributed by atoms with E-state index in [9.17, 15) is 9.59 Å². The molecule has 2 amide bonds. The first-order valence-corrected chi connectivity index (χ1v) is 9.66. The van der Waals surface area contributed by atoms with Gasteiger partial charge in [0.1, 0.15) is 0 Å².